The van der Waals surface area contributed by atoms with E-state index in [4.69, 9.17) is 9.47 Å². The molecule has 0 bridgehead atoms. The highest BCUT2D eigenvalue weighted by molar-refractivity contribution is 9.10. The summed E-state index contributed by atoms with van der Waals surface area (Å²) in [6, 6.07) is 0.947. The summed E-state index contributed by atoms with van der Waals surface area (Å²) in [5.41, 5.74) is -0.898. The zero-order valence-electron chi connectivity index (χ0n) is 9.84. The minimum Gasteiger partial charge on any atom is -0.474 e. The second kappa shape index (κ2) is 6.06. The van der Waals surface area contributed by atoms with Gasteiger partial charge in [-0.1, -0.05) is 0 Å². The van der Waals surface area contributed by atoms with E-state index in [9.17, 15) is 13.2 Å². The van der Waals surface area contributed by atoms with Crippen LogP contribution in [-0.2, 0) is 10.9 Å². The number of nitrogens with zero attached hydrogens (tertiary/aromatic N) is 1. The van der Waals surface area contributed by atoms with Crippen molar-refractivity contribution in [2.45, 2.75) is 12.3 Å². The average Bonchev–Trinajstić information content (AvgIpc) is 2.37. The predicted octanol–water partition coefficient (Wildman–Crippen LogP) is 2.23. The largest absolute Gasteiger partial charge is 0.474 e. The first kappa shape index (κ1) is 14.5. The summed E-state index contributed by atoms with van der Waals surface area (Å²) >= 11 is 2.96. The van der Waals surface area contributed by atoms with Gasteiger partial charge in [0.2, 0.25) is 5.88 Å². The van der Waals surface area contributed by atoms with E-state index < -0.39 is 17.6 Å². The molecule has 4 nitrogen and oxygen atoms in total. The number of halogens is 4. The lowest BCUT2D eigenvalue weighted by Crippen LogP contribution is -2.41. The van der Waals surface area contributed by atoms with Crippen LogP contribution in [0.15, 0.2) is 16.7 Å². The fourth-order valence-corrected chi connectivity index (χ4v) is 1.97. The fraction of sp³-hybridized carbons (Fsp3) is 0.545. The third-order valence-electron chi connectivity index (χ3n) is 2.53. The highest BCUT2D eigenvalue weighted by atomic mass is 79.9. The molecular formula is C11H12BrF3N2O2. The molecule has 2 heterocycles. The van der Waals surface area contributed by atoms with Crippen LogP contribution >= 0.6 is 15.9 Å². The number of ether oxygens (including phenoxy) is 2. The number of rotatable bonds is 3. The second-order valence-corrected chi connectivity index (χ2v) is 4.93. The molecule has 1 aromatic heterocycles. The lowest BCUT2D eigenvalue weighted by atomic mass is 10.2. The highest BCUT2D eigenvalue weighted by Gasteiger charge is 2.35. The maximum Gasteiger partial charge on any atom is 0.421 e. The summed E-state index contributed by atoms with van der Waals surface area (Å²) in [5, 5.41) is 3.07. The molecule has 1 unspecified atom stereocenters. The lowest BCUT2D eigenvalue weighted by Gasteiger charge is -2.24. The van der Waals surface area contributed by atoms with Gasteiger partial charge in [-0.3, -0.25) is 0 Å². The smallest absolute Gasteiger partial charge is 0.421 e. The fourth-order valence-electron chi connectivity index (χ4n) is 1.64. The Kier molecular flexibility index (Phi) is 4.64. The van der Waals surface area contributed by atoms with E-state index in [-0.39, 0.29) is 17.2 Å². The number of nitrogens with one attached hydrogen (secondary N) is 1. The quantitative estimate of drug-likeness (QED) is 0.916. The van der Waals surface area contributed by atoms with Crippen LogP contribution in [0.3, 0.4) is 0 Å². The Balaban J connectivity index is 2.06. The molecule has 106 valence electrons. The molecule has 0 aliphatic carbocycles. The molecule has 1 aliphatic heterocycles. The summed E-state index contributed by atoms with van der Waals surface area (Å²) in [5.74, 6) is -0.426. The van der Waals surface area contributed by atoms with Crippen molar-refractivity contribution in [1.82, 2.24) is 10.3 Å². The number of morpholine rings is 1. The Labute approximate surface area is 116 Å². The summed E-state index contributed by atoms with van der Waals surface area (Å²) in [6.07, 6.45) is -3.50. The van der Waals surface area contributed by atoms with Crippen molar-refractivity contribution >= 4 is 15.9 Å². The molecule has 19 heavy (non-hydrogen) atoms. The number of hydrogen-bond acceptors (Lipinski definition) is 4. The van der Waals surface area contributed by atoms with Gasteiger partial charge in [0.1, 0.15) is 18.3 Å². The molecule has 1 fully saturated rings. The van der Waals surface area contributed by atoms with E-state index in [1.54, 1.807) is 0 Å². The first-order chi connectivity index (χ1) is 8.97. The average molecular weight is 341 g/mol. The van der Waals surface area contributed by atoms with Crippen LogP contribution < -0.4 is 10.1 Å². The lowest BCUT2D eigenvalue weighted by molar-refractivity contribution is -0.139. The molecule has 2 rings (SSSR count). The van der Waals surface area contributed by atoms with E-state index in [2.05, 4.69) is 26.2 Å². The molecule has 1 N–H and O–H groups in total. The van der Waals surface area contributed by atoms with E-state index in [0.717, 1.165) is 12.6 Å². The van der Waals surface area contributed by atoms with Gasteiger partial charge in [0.15, 0.2) is 0 Å². The first-order valence-electron chi connectivity index (χ1n) is 5.64. The molecule has 1 saturated heterocycles. The van der Waals surface area contributed by atoms with Gasteiger partial charge in [0.05, 0.1) is 6.61 Å². The van der Waals surface area contributed by atoms with Crippen LogP contribution in [-0.4, -0.2) is 37.4 Å². The van der Waals surface area contributed by atoms with Crippen molar-refractivity contribution in [1.29, 1.82) is 0 Å². The van der Waals surface area contributed by atoms with E-state index in [0.29, 0.717) is 13.2 Å². The molecule has 1 aliphatic rings. The van der Waals surface area contributed by atoms with Crippen molar-refractivity contribution in [3.05, 3.63) is 22.3 Å². The van der Waals surface area contributed by atoms with Crippen molar-refractivity contribution in [2.24, 2.45) is 0 Å². The standard InChI is InChI=1S/C11H12BrF3N2O2/c12-7-3-9(11(13,14)15)10(17-4-7)19-6-8-5-16-1-2-18-8/h3-4,8,16H,1-2,5-6H2. The summed E-state index contributed by atoms with van der Waals surface area (Å²) in [7, 11) is 0. The third kappa shape index (κ3) is 4.05. The Hall–Kier alpha value is -0.860. The van der Waals surface area contributed by atoms with Crippen LogP contribution in [0.2, 0.25) is 0 Å². The van der Waals surface area contributed by atoms with Crippen LogP contribution in [0.25, 0.3) is 0 Å². The minimum absolute atomic E-state index is 0.0325. The maximum atomic E-state index is 12.8. The monoisotopic (exact) mass is 340 g/mol. The summed E-state index contributed by atoms with van der Waals surface area (Å²) < 4.78 is 49.2. The van der Waals surface area contributed by atoms with Crippen molar-refractivity contribution in [2.75, 3.05) is 26.3 Å². The Morgan fingerprint density at radius 1 is 1.53 bits per heavy atom. The molecule has 1 atom stereocenters. The van der Waals surface area contributed by atoms with Gasteiger partial charge in [0, 0.05) is 23.8 Å². The maximum absolute atomic E-state index is 12.8. The summed E-state index contributed by atoms with van der Waals surface area (Å²) in [6.45, 7) is 1.84. The molecule has 1 aromatic rings. The SMILES string of the molecule is FC(F)(F)c1cc(Br)cnc1OCC1CNCCO1. The van der Waals surface area contributed by atoms with Gasteiger partial charge in [0.25, 0.3) is 0 Å². The molecule has 0 aromatic carbocycles. The minimum atomic E-state index is -4.50. The van der Waals surface area contributed by atoms with Gasteiger partial charge in [-0.25, -0.2) is 4.98 Å². The molecule has 0 radical (unpaired) electrons. The summed E-state index contributed by atoms with van der Waals surface area (Å²) in [4.78, 5) is 3.66. The van der Waals surface area contributed by atoms with Gasteiger partial charge in [-0.2, -0.15) is 13.2 Å². The number of alkyl halides is 3. The second-order valence-electron chi connectivity index (χ2n) is 4.01. The van der Waals surface area contributed by atoms with Crippen LogP contribution in [0.4, 0.5) is 13.2 Å². The van der Waals surface area contributed by atoms with Gasteiger partial charge < -0.3 is 14.8 Å². The number of hydrogen-bond donors (Lipinski definition) is 1. The normalized spacial score (nSPS) is 20.3. The predicted molar refractivity (Wildman–Crippen MR) is 65.0 cm³/mol. The van der Waals surface area contributed by atoms with E-state index in [1.807, 2.05) is 0 Å². The number of pyridine rings is 1. The molecule has 0 spiro atoms. The van der Waals surface area contributed by atoms with Crippen LogP contribution in [0.5, 0.6) is 5.88 Å². The van der Waals surface area contributed by atoms with Crippen molar-refractivity contribution in [3.63, 3.8) is 0 Å². The van der Waals surface area contributed by atoms with Gasteiger partial charge >= 0.3 is 6.18 Å². The first-order valence-corrected chi connectivity index (χ1v) is 6.44. The Morgan fingerprint density at radius 3 is 2.95 bits per heavy atom. The van der Waals surface area contributed by atoms with E-state index in [1.165, 1.54) is 6.20 Å². The molecule has 0 saturated carbocycles. The van der Waals surface area contributed by atoms with Gasteiger partial charge in [-0.05, 0) is 22.0 Å². The molecule has 8 heteroatoms. The highest BCUT2D eigenvalue weighted by Crippen LogP contribution is 2.36. The molecular weight excluding hydrogens is 329 g/mol. The van der Waals surface area contributed by atoms with Crippen molar-refractivity contribution < 1.29 is 22.6 Å². The zero-order chi connectivity index (χ0) is 13.9. The number of aromatic nitrogens is 1. The Bertz CT molecular complexity index is 436. The zero-order valence-corrected chi connectivity index (χ0v) is 11.4. The van der Waals surface area contributed by atoms with Crippen LogP contribution in [0.1, 0.15) is 5.56 Å². The third-order valence-corrected chi connectivity index (χ3v) is 2.97. The Morgan fingerprint density at radius 2 is 2.32 bits per heavy atom. The topological polar surface area (TPSA) is 43.4 Å². The van der Waals surface area contributed by atoms with Crippen molar-refractivity contribution in [3.8, 4) is 5.88 Å². The van der Waals surface area contributed by atoms with Crippen LogP contribution in [0, 0.1) is 0 Å². The van der Waals surface area contributed by atoms with E-state index >= 15 is 0 Å². The molecule has 0 amide bonds. The van der Waals surface area contributed by atoms with Gasteiger partial charge in [-0.15, -0.1) is 0 Å².